The van der Waals surface area contributed by atoms with Crippen LogP contribution in [0, 0.1) is 5.92 Å². The van der Waals surface area contributed by atoms with E-state index in [1.807, 2.05) is 0 Å². The molecule has 1 heterocycles. The fourth-order valence-electron chi connectivity index (χ4n) is 1.64. The van der Waals surface area contributed by atoms with Gasteiger partial charge in [-0.25, -0.2) is 0 Å². The molecule has 2 atom stereocenters. The van der Waals surface area contributed by atoms with Gasteiger partial charge in [0, 0.05) is 19.3 Å². The summed E-state index contributed by atoms with van der Waals surface area (Å²) in [6.45, 7) is 0.294. The molecule has 5 nitrogen and oxygen atoms in total. The lowest BCUT2D eigenvalue weighted by Gasteiger charge is -2.22. The van der Waals surface area contributed by atoms with Crippen LogP contribution in [-0.2, 0) is 14.3 Å². The van der Waals surface area contributed by atoms with Gasteiger partial charge >= 0.3 is 18.1 Å². The molecule has 1 aliphatic rings. The third-order valence-electron chi connectivity index (χ3n) is 2.52. The molecule has 17 heavy (non-hydrogen) atoms. The smallest absolute Gasteiger partial charge is 0.471 e. The van der Waals surface area contributed by atoms with Crippen LogP contribution in [0.3, 0.4) is 0 Å². The van der Waals surface area contributed by atoms with Crippen molar-refractivity contribution in [2.24, 2.45) is 5.92 Å². The maximum atomic E-state index is 12.0. The van der Waals surface area contributed by atoms with Crippen molar-refractivity contribution in [3.8, 4) is 0 Å². The van der Waals surface area contributed by atoms with E-state index in [1.54, 1.807) is 5.32 Å². The second kappa shape index (κ2) is 5.35. The Balaban J connectivity index is 2.70. The van der Waals surface area contributed by atoms with Gasteiger partial charge in [-0.05, 0) is 12.8 Å². The lowest BCUT2D eigenvalue weighted by molar-refractivity contribution is -0.175. The summed E-state index contributed by atoms with van der Waals surface area (Å²) in [5, 5.41) is 10.6. The average Bonchev–Trinajstić information content (AvgIpc) is 2.41. The zero-order valence-electron chi connectivity index (χ0n) is 8.79. The molecule has 0 saturated carbocycles. The molecule has 8 heteroatoms. The van der Waals surface area contributed by atoms with E-state index in [2.05, 4.69) is 0 Å². The first kappa shape index (κ1) is 13.8. The van der Waals surface area contributed by atoms with Crippen molar-refractivity contribution in [3.05, 3.63) is 0 Å². The molecule has 0 unspecified atom stereocenters. The second-order valence-corrected chi connectivity index (χ2v) is 3.71. The standard InChI is InChI=1S/C9H12F3NO4/c10-9(11,12)8(16)13-6-2-4-17-3-1-5(6)7(14)15/h5-6H,1-4H2,(H,13,16)(H,14,15)/t5-,6-/m1/s1. The Hall–Kier alpha value is -1.31. The molecule has 1 aliphatic heterocycles. The van der Waals surface area contributed by atoms with Crippen LogP contribution in [0.5, 0.6) is 0 Å². The quantitative estimate of drug-likeness (QED) is 0.755. The first-order valence-electron chi connectivity index (χ1n) is 5.00. The average molecular weight is 255 g/mol. The molecule has 0 aromatic heterocycles. The number of nitrogens with one attached hydrogen (secondary N) is 1. The summed E-state index contributed by atoms with van der Waals surface area (Å²) >= 11 is 0. The van der Waals surface area contributed by atoms with Gasteiger partial charge in [0.1, 0.15) is 0 Å². The topological polar surface area (TPSA) is 75.6 Å². The van der Waals surface area contributed by atoms with Gasteiger partial charge < -0.3 is 15.2 Å². The van der Waals surface area contributed by atoms with Crippen molar-refractivity contribution >= 4 is 11.9 Å². The lowest BCUT2D eigenvalue weighted by atomic mass is 9.95. The lowest BCUT2D eigenvalue weighted by Crippen LogP contribution is -2.48. The molecular formula is C9H12F3NO4. The van der Waals surface area contributed by atoms with Crippen LogP contribution in [0.25, 0.3) is 0 Å². The highest BCUT2D eigenvalue weighted by atomic mass is 19.4. The normalized spacial score (nSPS) is 26.1. The maximum Gasteiger partial charge on any atom is 0.471 e. The van der Waals surface area contributed by atoms with Gasteiger partial charge in [-0.2, -0.15) is 13.2 Å². The van der Waals surface area contributed by atoms with E-state index in [-0.39, 0.29) is 26.1 Å². The minimum atomic E-state index is -5.00. The zero-order chi connectivity index (χ0) is 13.1. The minimum Gasteiger partial charge on any atom is -0.481 e. The maximum absolute atomic E-state index is 12.0. The highest BCUT2D eigenvalue weighted by Gasteiger charge is 2.42. The van der Waals surface area contributed by atoms with Crippen LogP contribution < -0.4 is 5.32 Å². The molecule has 0 radical (unpaired) electrons. The van der Waals surface area contributed by atoms with Crippen molar-refractivity contribution in [1.29, 1.82) is 0 Å². The largest absolute Gasteiger partial charge is 0.481 e. The number of rotatable bonds is 2. The number of carboxylic acids is 1. The van der Waals surface area contributed by atoms with Gasteiger partial charge in [0.25, 0.3) is 0 Å². The number of hydrogen-bond acceptors (Lipinski definition) is 3. The first-order chi connectivity index (χ1) is 7.82. The first-order valence-corrected chi connectivity index (χ1v) is 5.00. The van der Waals surface area contributed by atoms with E-state index in [0.717, 1.165) is 0 Å². The van der Waals surface area contributed by atoms with Crippen molar-refractivity contribution in [1.82, 2.24) is 5.32 Å². The second-order valence-electron chi connectivity index (χ2n) is 3.71. The van der Waals surface area contributed by atoms with Gasteiger partial charge in [-0.3, -0.25) is 9.59 Å². The van der Waals surface area contributed by atoms with E-state index in [9.17, 15) is 22.8 Å². The number of alkyl halides is 3. The number of carboxylic acid groups (broad SMARTS) is 1. The molecule has 0 aromatic carbocycles. The molecule has 1 fully saturated rings. The fraction of sp³-hybridized carbons (Fsp3) is 0.778. The summed E-state index contributed by atoms with van der Waals surface area (Å²) in [7, 11) is 0. The summed E-state index contributed by atoms with van der Waals surface area (Å²) in [4.78, 5) is 21.6. The fourth-order valence-corrected chi connectivity index (χ4v) is 1.64. The van der Waals surface area contributed by atoms with Gasteiger partial charge in [0.2, 0.25) is 0 Å². The molecular weight excluding hydrogens is 243 g/mol. The van der Waals surface area contributed by atoms with E-state index < -0.39 is 30.0 Å². The molecule has 1 amide bonds. The summed E-state index contributed by atoms with van der Waals surface area (Å²) < 4.78 is 41.1. The number of carbonyl (C=O) groups excluding carboxylic acids is 1. The minimum absolute atomic E-state index is 0.0544. The Morgan fingerprint density at radius 2 is 1.82 bits per heavy atom. The van der Waals surface area contributed by atoms with Crippen LogP contribution in [0.1, 0.15) is 12.8 Å². The molecule has 0 aliphatic carbocycles. The molecule has 2 N–H and O–H groups in total. The molecule has 1 rings (SSSR count). The summed E-state index contributed by atoms with van der Waals surface area (Å²) in [6.07, 6.45) is -4.87. The monoisotopic (exact) mass is 255 g/mol. The van der Waals surface area contributed by atoms with Crippen LogP contribution in [0.2, 0.25) is 0 Å². The third-order valence-corrected chi connectivity index (χ3v) is 2.52. The van der Waals surface area contributed by atoms with Gasteiger partial charge in [-0.15, -0.1) is 0 Å². The van der Waals surface area contributed by atoms with Crippen LogP contribution in [0.4, 0.5) is 13.2 Å². The summed E-state index contributed by atoms with van der Waals surface area (Å²) in [5.74, 6) is -4.40. The number of carbonyl (C=O) groups is 2. The Bertz CT molecular complexity index is 305. The zero-order valence-corrected chi connectivity index (χ0v) is 8.79. The Labute approximate surface area is 94.9 Å². The third kappa shape index (κ3) is 3.88. The molecule has 0 aromatic rings. The highest BCUT2D eigenvalue weighted by molar-refractivity contribution is 5.82. The van der Waals surface area contributed by atoms with Crippen molar-refractivity contribution in [3.63, 3.8) is 0 Å². The van der Waals surface area contributed by atoms with Gasteiger partial charge in [0.05, 0.1) is 5.92 Å². The van der Waals surface area contributed by atoms with Crippen molar-refractivity contribution < 1.29 is 32.6 Å². The number of aliphatic carboxylic acids is 1. The van der Waals surface area contributed by atoms with Gasteiger partial charge in [-0.1, -0.05) is 0 Å². The van der Waals surface area contributed by atoms with E-state index in [0.29, 0.717) is 0 Å². The van der Waals surface area contributed by atoms with Crippen LogP contribution in [-0.4, -0.2) is 42.4 Å². The van der Waals surface area contributed by atoms with Crippen LogP contribution in [0.15, 0.2) is 0 Å². The predicted molar refractivity (Wildman–Crippen MR) is 49.2 cm³/mol. The van der Waals surface area contributed by atoms with Crippen LogP contribution >= 0.6 is 0 Å². The number of ether oxygens (including phenoxy) is 1. The van der Waals surface area contributed by atoms with Gasteiger partial charge in [0.15, 0.2) is 0 Å². The number of halogens is 3. The highest BCUT2D eigenvalue weighted by Crippen LogP contribution is 2.20. The van der Waals surface area contributed by atoms with Crippen molar-refractivity contribution in [2.75, 3.05) is 13.2 Å². The Morgan fingerprint density at radius 3 is 2.35 bits per heavy atom. The molecule has 0 bridgehead atoms. The summed E-state index contributed by atoms with van der Waals surface area (Å²) in [6, 6.07) is -1.05. The Kier molecular flexibility index (Phi) is 4.33. The molecule has 0 spiro atoms. The van der Waals surface area contributed by atoms with E-state index in [1.165, 1.54) is 0 Å². The Morgan fingerprint density at radius 1 is 1.24 bits per heavy atom. The number of amides is 1. The van der Waals surface area contributed by atoms with Crippen molar-refractivity contribution in [2.45, 2.75) is 25.1 Å². The van der Waals surface area contributed by atoms with E-state index in [4.69, 9.17) is 9.84 Å². The predicted octanol–water partition coefficient (Wildman–Crippen LogP) is 0.545. The molecule has 1 saturated heterocycles. The number of hydrogen-bond donors (Lipinski definition) is 2. The summed E-state index contributed by atoms with van der Waals surface area (Å²) in [5.41, 5.74) is 0. The molecule has 98 valence electrons. The SMILES string of the molecule is O=C(O)[C@@H]1CCOCC[C@H]1NC(=O)C(F)(F)F. The van der Waals surface area contributed by atoms with E-state index >= 15 is 0 Å².